The molecule has 2 rings (SSSR count). The predicted molar refractivity (Wildman–Crippen MR) is 86.6 cm³/mol. The largest absolute Gasteiger partial charge is 0.317 e. The third kappa shape index (κ3) is 4.64. The van der Waals surface area contributed by atoms with Gasteiger partial charge in [-0.05, 0) is 25.5 Å². The molecule has 0 radical (unpaired) electrons. The minimum Gasteiger partial charge on any atom is -0.317 e. The summed E-state index contributed by atoms with van der Waals surface area (Å²) in [6, 6.07) is 6.03. The molecule has 0 bridgehead atoms. The Bertz CT molecular complexity index is 598. The van der Waals surface area contributed by atoms with E-state index < -0.39 is 14.9 Å². The molecule has 1 fully saturated rings. The SMILES string of the molecule is CNC1CCN(S(=O)(=O)Cc2ccc([N+](=O)[O-])cc2)CC1.Cl. The summed E-state index contributed by atoms with van der Waals surface area (Å²) in [6.07, 6.45) is 1.60. The topological polar surface area (TPSA) is 92.6 Å². The number of hydrogen-bond acceptors (Lipinski definition) is 5. The zero-order valence-electron chi connectivity index (χ0n) is 12.3. The third-order valence-corrected chi connectivity index (χ3v) is 5.60. The summed E-state index contributed by atoms with van der Waals surface area (Å²) >= 11 is 0. The predicted octanol–water partition coefficient (Wildman–Crippen LogP) is 1.53. The van der Waals surface area contributed by atoms with Gasteiger partial charge in [0, 0.05) is 31.3 Å². The summed E-state index contributed by atoms with van der Waals surface area (Å²) < 4.78 is 26.2. The minimum absolute atomic E-state index is 0. The summed E-state index contributed by atoms with van der Waals surface area (Å²) in [6.45, 7) is 1.03. The summed E-state index contributed by atoms with van der Waals surface area (Å²) in [5.41, 5.74) is 0.530. The van der Waals surface area contributed by atoms with Crippen LogP contribution in [-0.2, 0) is 15.8 Å². The van der Waals surface area contributed by atoms with Gasteiger partial charge in [0.25, 0.3) is 5.69 Å². The highest BCUT2D eigenvalue weighted by Gasteiger charge is 2.27. The molecule has 9 heteroatoms. The van der Waals surface area contributed by atoms with Crippen LogP contribution in [0.2, 0.25) is 0 Å². The zero-order valence-corrected chi connectivity index (χ0v) is 13.9. The fourth-order valence-corrected chi connectivity index (χ4v) is 4.00. The molecule has 0 atom stereocenters. The van der Waals surface area contributed by atoms with Crippen LogP contribution in [0.1, 0.15) is 18.4 Å². The maximum atomic E-state index is 12.3. The van der Waals surface area contributed by atoms with E-state index in [1.54, 1.807) is 0 Å². The second kappa shape index (κ2) is 7.87. The first-order valence-corrected chi connectivity index (χ1v) is 8.42. The van der Waals surface area contributed by atoms with Crippen molar-refractivity contribution >= 4 is 28.1 Å². The highest BCUT2D eigenvalue weighted by molar-refractivity contribution is 7.88. The normalized spacial score (nSPS) is 17.0. The molecule has 1 aliphatic heterocycles. The highest BCUT2D eigenvalue weighted by atomic mass is 35.5. The molecule has 0 saturated carbocycles. The lowest BCUT2D eigenvalue weighted by atomic mass is 10.1. The maximum Gasteiger partial charge on any atom is 0.269 e. The Morgan fingerprint density at radius 3 is 2.27 bits per heavy atom. The molecule has 0 aliphatic carbocycles. The first-order chi connectivity index (χ1) is 9.92. The fourth-order valence-electron chi connectivity index (χ4n) is 2.44. The monoisotopic (exact) mass is 349 g/mol. The van der Waals surface area contributed by atoms with Crippen LogP contribution < -0.4 is 5.32 Å². The second-order valence-electron chi connectivity index (χ2n) is 5.14. The quantitative estimate of drug-likeness (QED) is 0.642. The van der Waals surface area contributed by atoms with Gasteiger partial charge in [-0.1, -0.05) is 12.1 Å². The van der Waals surface area contributed by atoms with Crippen LogP contribution in [0.3, 0.4) is 0 Å². The van der Waals surface area contributed by atoms with Crippen molar-refractivity contribution in [2.24, 2.45) is 0 Å². The van der Waals surface area contributed by atoms with Gasteiger partial charge in [0.2, 0.25) is 10.0 Å². The molecular weight excluding hydrogens is 330 g/mol. The van der Waals surface area contributed by atoms with Crippen LogP contribution in [0.25, 0.3) is 0 Å². The Hall–Kier alpha value is -1.22. The lowest BCUT2D eigenvalue weighted by molar-refractivity contribution is -0.384. The van der Waals surface area contributed by atoms with E-state index in [1.807, 2.05) is 7.05 Å². The Morgan fingerprint density at radius 2 is 1.82 bits per heavy atom. The van der Waals surface area contributed by atoms with Gasteiger partial charge >= 0.3 is 0 Å². The summed E-state index contributed by atoms with van der Waals surface area (Å²) in [5.74, 6) is -0.116. The fraction of sp³-hybridized carbons (Fsp3) is 0.538. The van der Waals surface area contributed by atoms with E-state index in [9.17, 15) is 18.5 Å². The number of sulfonamides is 1. The van der Waals surface area contributed by atoms with Crippen LogP contribution in [0.4, 0.5) is 5.69 Å². The highest BCUT2D eigenvalue weighted by Crippen LogP contribution is 2.19. The molecule has 0 amide bonds. The number of rotatable bonds is 5. The van der Waals surface area contributed by atoms with Gasteiger partial charge in [0.05, 0.1) is 10.7 Å². The van der Waals surface area contributed by atoms with Crippen molar-refractivity contribution in [3.05, 3.63) is 39.9 Å². The van der Waals surface area contributed by atoms with E-state index in [0.717, 1.165) is 12.8 Å². The van der Waals surface area contributed by atoms with Crippen LogP contribution >= 0.6 is 12.4 Å². The molecule has 1 heterocycles. The standard InChI is InChI=1S/C13H19N3O4S.ClH/c1-14-12-6-8-15(9-7-12)21(19,20)10-11-2-4-13(5-3-11)16(17)18;/h2-5,12,14H,6-10H2,1H3;1H. The summed E-state index contributed by atoms with van der Waals surface area (Å²) in [5, 5.41) is 13.7. The van der Waals surface area contributed by atoms with Gasteiger partial charge in [0.1, 0.15) is 0 Å². The molecular formula is C13H20ClN3O4S. The molecule has 0 spiro atoms. The summed E-state index contributed by atoms with van der Waals surface area (Å²) in [4.78, 5) is 10.1. The minimum atomic E-state index is -3.37. The molecule has 0 unspecified atom stereocenters. The van der Waals surface area contributed by atoms with Crippen molar-refractivity contribution in [2.75, 3.05) is 20.1 Å². The number of nitro benzene ring substituents is 1. The first-order valence-electron chi connectivity index (χ1n) is 6.81. The summed E-state index contributed by atoms with van der Waals surface area (Å²) in [7, 11) is -1.48. The molecule has 0 aromatic heterocycles. The number of nitrogens with one attached hydrogen (secondary N) is 1. The number of piperidine rings is 1. The van der Waals surface area contributed by atoms with Gasteiger partial charge in [-0.25, -0.2) is 12.7 Å². The van der Waals surface area contributed by atoms with E-state index in [-0.39, 0.29) is 23.8 Å². The van der Waals surface area contributed by atoms with E-state index in [0.29, 0.717) is 24.7 Å². The molecule has 1 aromatic rings. The lowest BCUT2D eigenvalue weighted by Crippen LogP contribution is -2.44. The average Bonchev–Trinajstić information content (AvgIpc) is 2.47. The number of hydrogen-bond donors (Lipinski definition) is 1. The average molecular weight is 350 g/mol. The smallest absolute Gasteiger partial charge is 0.269 e. The number of non-ortho nitro benzene ring substituents is 1. The van der Waals surface area contributed by atoms with Crippen molar-refractivity contribution in [3.63, 3.8) is 0 Å². The van der Waals surface area contributed by atoms with Crippen molar-refractivity contribution in [3.8, 4) is 0 Å². The lowest BCUT2D eigenvalue weighted by Gasteiger charge is -2.31. The van der Waals surface area contributed by atoms with Gasteiger partial charge in [-0.15, -0.1) is 12.4 Å². The number of nitro groups is 1. The van der Waals surface area contributed by atoms with Gasteiger partial charge in [-0.3, -0.25) is 10.1 Å². The molecule has 124 valence electrons. The Labute approximate surface area is 136 Å². The van der Waals surface area contributed by atoms with Gasteiger partial charge in [0.15, 0.2) is 0 Å². The third-order valence-electron chi connectivity index (χ3n) is 3.75. The molecule has 1 aliphatic rings. The molecule has 7 nitrogen and oxygen atoms in total. The molecule has 22 heavy (non-hydrogen) atoms. The maximum absolute atomic E-state index is 12.3. The van der Waals surface area contributed by atoms with Gasteiger partial charge < -0.3 is 5.32 Å². The van der Waals surface area contributed by atoms with Crippen molar-refractivity contribution < 1.29 is 13.3 Å². The number of halogens is 1. The number of nitrogens with zero attached hydrogens (tertiary/aromatic N) is 2. The van der Waals surface area contributed by atoms with Crippen LogP contribution in [0.5, 0.6) is 0 Å². The van der Waals surface area contributed by atoms with Gasteiger partial charge in [-0.2, -0.15) is 0 Å². The first kappa shape index (κ1) is 18.8. The zero-order chi connectivity index (χ0) is 15.5. The van der Waals surface area contributed by atoms with Crippen molar-refractivity contribution in [1.82, 2.24) is 9.62 Å². The van der Waals surface area contributed by atoms with E-state index in [2.05, 4.69) is 5.32 Å². The Kier molecular flexibility index (Phi) is 6.73. The van der Waals surface area contributed by atoms with Crippen LogP contribution in [0.15, 0.2) is 24.3 Å². The van der Waals surface area contributed by atoms with E-state index in [4.69, 9.17) is 0 Å². The Morgan fingerprint density at radius 1 is 1.27 bits per heavy atom. The Balaban J connectivity index is 0.00000242. The van der Waals surface area contributed by atoms with Crippen LogP contribution in [0, 0.1) is 10.1 Å². The molecule has 1 saturated heterocycles. The van der Waals surface area contributed by atoms with E-state index >= 15 is 0 Å². The van der Waals surface area contributed by atoms with Crippen LogP contribution in [-0.4, -0.2) is 43.8 Å². The second-order valence-corrected chi connectivity index (χ2v) is 7.11. The van der Waals surface area contributed by atoms with E-state index in [1.165, 1.54) is 28.6 Å². The molecule has 1 N–H and O–H groups in total. The molecule has 1 aromatic carbocycles. The van der Waals surface area contributed by atoms with Crippen molar-refractivity contribution in [1.29, 1.82) is 0 Å². The van der Waals surface area contributed by atoms with Crippen molar-refractivity contribution in [2.45, 2.75) is 24.6 Å². The number of benzene rings is 1.